The molecule has 0 spiro atoms. The van der Waals surface area contributed by atoms with Crippen LogP contribution in [0, 0.1) is 0 Å². The average Bonchev–Trinajstić information content (AvgIpc) is 2.34. The van der Waals surface area contributed by atoms with Gasteiger partial charge in [0.15, 0.2) is 0 Å². The Hall–Kier alpha value is -1.75. The van der Waals surface area contributed by atoms with Gasteiger partial charge in [0.1, 0.15) is 11.4 Å². The molecule has 118 valence electrons. The first-order valence-corrected chi connectivity index (χ1v) is 7.18. The van der Waals surface area contributed by atoms with Crippen molar-refractivity contribution in [3.05, 3.63) is 29.8 Å². The molecule has 5 heteroatoms. The van der Waals surface area contributed by atoms with Gasteiger partial charge in [-0.15, -0.1) is 0 Å². The van der Waals surface area contributed by atoms with E-state index in [4.69, 9.17) is 9.47 Å². The number of ether oxygens (including phenoxy) is 2. The molecule has 0 saturated heterocycles. The Morgan fingerprint density at radius 2 is 1.67 bits per heavy atom. The molecule has 0 aliphatic carbocycles. The second-order valence-corrected chi connectivity index (χ2v) is 6.23. The number of amides is 1. The monoisotopic (exact) mass is 294 g/mol. The number of hydrogen-bond donors (Lipinski definition) is 2. The van der Waals surface area contributed by atoms with Gasteiger partial charge in [0.25, 0.3) is 0 Å². The van der Waals surface area contributed by atoms with Gasteiger partial charge in [-0.3, -0.25) is 5.43 Å². The summed E-state index contributed by atoms with van der Waals surface area (Å²) in [4.78, 5) is 11.6. The van der Waals surface area contributed by atoms with Crippen molar-refractivity contribution >= 4 is 6.09 Å². The third kappa shape index (κ3) is 6.99. The van der Waals surface area contributed by atoms with Crippen LogP contribution in [0.3, 0.4) is 0 Å². The number of hydrazine groups is 1. The van der Waals surface area contributed by atoms with Crippen LogP contribution < -0.4 is 15.6 Å². The predicted octanol–water partition coefficient (Wildman–Crippen LogP) is 3.56. The van der Waals surface area contributed by atoms with Crippen LogP contribution in [0.4, 0.5) is 4.79 Å². The van der Waals surface area contributed by atoms with Crippen molar-refractivity contribution in [3.63, 3.8) is 0 Å². The fourth-order valence-corrected chi connectivity index (χ4v) is 1.66. The number of rotatable bonds is 5. The molecular formula is C16H26N2O3. The first-order valence-electron chi connectivity index (χ1n) is 7.18. The molecule has 21 heavy (non-hydrogen) atoms. The van der Waals surface area contributed by atoms with E-state index < -0.39 is 11.7 Å². The number of carbonyl (C=O) groups is 1. The lowest BCUT2D eigenvalue weighted by atomic mass is 10.1. The van der Waals surface area contributed by atoms with Crippen LogP contribution in [-0.4, -0.2) is 17.8 Å². The molecule has 2 N–H and O–H groups in total. The first kappa shape index (κ1) is 17.3. The Labute approximate surface area is 127 Å². The van der Waals surface area contributed by atoms with E-state index in [0.29, 0.717) is 0 Å². The summed E-state index contributed by atoms with van der Waals surface area (Å²) in [5.74, 6) is 0.834. The summed E-state index contributed by atoms with van der Waals surface area (Å²) in [6.45, 7) is 11.4. The molecule has 5 nitrogen and oxygen atoms in total. The van der Waals surface area contributed by atoms with Gasteiger partial charge in [0.2, 0.25) is 0 Å². The second-order valence-electron chi connectivity index (χ2n) is 6.23. The van der Waals surface area contributed by atoms with E-state index in [-0.39, 0.29) is 12.1 Å². The summed E-state index contributed by atoms with van der Waals surface area (Å²) in [6.07, 6.45) is -0.339. The van der Waals surface area contributed by atoms with Gasteiger partial charge in [-0.2, -0.15) is 0 Å². The number of benzene rings is 1. The summed E-state index contributed by atoms with van der Waals surface area (Å²) in [5.41, 5.74) is 5.99. The zero-order valence-corrected chi connectivity index (χ0v) is 13.7. The average molecular weight is 294 g/mol. The Kier molecular flexibility index (Phi) is 6.03. The highest BCUT2D eigenvalue weighted by Gasteiger charge is 2.16. The van der Waals surface area contributed by atoms with Gasteiger partial charge in [-0.25, -0.2) is 10.2 Å². The topological polar surface area (TPSA) is 59.6 Å². The van der Waals surface area contributed by atoms with Crippen LogP contribution in [0.15, 0.2) is 24.3 Å². The molecule has 1 atom stereocenters. The molecule has 0 bridgehead atoms. The van der Waals surface area contributed by atoms with Crippen molar-refractivity contribution in [2.75, 3.05) is 0 Å². The van der Waals surface area contributed by atoms with Crippen molar-refractivity contribution in [1.29, 1.82) is 0 Å². The van der Waals surface area contributed by atoms with E-state index in [1.54, 1.807) is 0 Å². The Bertz CT molecular complexity index is 450. The van der Waals surface area contributed by atoms with E-state index in [9.17, 15) is 4.79 Å². The molecule has 0 aliphatic heterocycles. The molecule has 0 saturated carbocycles. The van der Waals surface area contributed by atoms with Crippen molar-refractivity contribution in [3.8, 4) is 5.75 Å². The van der Waals surface area contributed by atoms with Crippen LogP contribution >= 0.6 is 0 Å². The smallest absolute Gasteiger partial charge is 0.422 e. The minimum Gasteiger partial charge on any atom is -0.491 e. The number of hydrogen-bond acceptors (Lipinski definition) is 4. The zero-order chi connectivity index (χ0) is 16.0. The van der Waals surface area contributed by atoms with Gasteiger partial charge in [0.05, 0.1) is 6.10 Å². The highest BCUT2D eigenvalue weighted by molar-refractivity contribution is 5.67. The fraction of sp³-hybridized carbons (Fsp3) is 0.562. The van der Waals surface area contributed by atoms with Crippen molar-refractivity contribution in [2.24, 2.45) is 0 Å². The molecule has 0 aliphatic rings. The minimum atomic E-state index is -0.509. The Balaban J connectivity index is 2.48. The molecular weight excluding hydrogens is 268 g/mol. The van der Waals surface area contributed by atoms with Gasteiger partial charge < -0.3 is 9.47 Å². The SMILES string of the molecule is CC(C)Oc1ccc(C(C)NNC(=O)OC(C)(C)C)cc1. The highest BCUT2D eigenvalue weighted by atomic mass is 16.6. The third-order valence-corrected chi connectivity index (χ3v) is 2.54. The van der Waals surface area contributed by atoms with E-state index in [0.717, 1.165) is 11.3 Å². The molecule has 0 heterocycles. The third-order valence-electron chi connectivity index (χ3n) is 2.54. The molecule has 1 rings (SSSR count). The summed E-state index contributed by atoms with van der Waals surface area (Å²) >= 11 is 0. The van der Waals surface area contributed by atoms with Crippen molar-refractivity contribution in [1.82, 2.24) is 10.9 Å². The van der Waals surface area contributed by atoms with Crippen molar-refractivity contribution in [2.45, 2.75) is 59.3 Å². The molecule has 0 radical (unpaired) electrons. The Morgan fingerprint density at radius 1 is 1.10 bits per heavy atom. The minimum absolute atomic E-state index is 0.0365. The largest absolute Gasteiger partial charge is 0.491 e. The maximum absolute atomic E-state index is 11.6. The zero-order valence-electron chi connectivity index (χ0n) is 13.7. The lowest BCUT2D eigenvalue weighted by Crippen LogP contribution is -2.42. The van der Waals surface area contributed by atoms with Crippen LogP contribution in [0.5, 0.6) is 5.75 Å². The van der Waals surface area contributed by atoms with Gasteiger partial charge in [-0.1, -0.05) is 12.1 Å². The van der Waals surface area contributed by atoms with Crippen LogP contribution in [-0.2, 0) is 4.74 Å². The molecule has 1 unspecified atom stereocenters. The normalized spacial score (nSPS) is 12.9. The van der Waals surface area contributed by atoms with Gasteiger partial charge >= 0.3 is 6.09 Å². The number of carbonyl (C=O) groups excluding carboxylic acids is 1. The lowest BCUT2D eigenvalue weighted by molar-refractivity contribution is 0.0489. The quantitative estimate of drug-likeness (QED) is 0.815. The maximum atomic E-state index is 11.6. The highest BCUT2D eigenvalue weighted by Crippen LogP contribution is 2.18. The van der Waals surface area contributed by atoms with Gasteiger partial charge in [0, 0.05) is 6.04 Å². The molecule has 1 amide bonds. The van der Waals surface area contributed by atoms with Crippen LogP contribution in [0.1, 0.15) is 53.1 Å². The molecule has 1 aromatic rings. The van der Waals surface area contributed by atoms with E-state index in [1.165, 1.54) is 0 Å². The fourth-order valence-electron chi connectivity index (χ4n) is 1.66. The summed E-state index contributed by atoms with van der Waals surface area (Å²) in [5, 5.41) is 0. The molecule has 0 fully saturated rings. The Morgan fingerprint density at radius 3 is 2.14 bits per heavy atom. The van der Waals surface area contributed by atoms with E-state index in [2.05, 4.69) is 10.9 Å². The second kappa shape index (κ2) is 7.31. The first-order chi connectivity index (χ1) is 9.67. The maximum Gasteiger partial charge on any atom is 0.422 e. The standard InChI is InChI=1S/C16H26N2O3/c1-11(2)20-14-9-7-13(8-10-14)12(3)17-18-15(19)21-16(4,5)6/h7-12,17H,1-6H3,(H,18,19). The lowest BCUT2D eigenvalue weighted by Gasteiger charge is -2.21. The molecule has 1 aromatic carbocycles. The summed E-state index contributed by atoms with van der Waals surface area (Å²) < 4.78 is 10.7. The van der Waals surface area contributed by atoms with Gasteiger partial charge in [-0.05, 0) is 59.2 Å². The van der Waals surface area contributed by atoms with E-state index in [1.807, 2.05) is 65.8 Å². The van der Waals surface area contributed by atoms with Crippen LogP contribution in [0.25, 0.3) is 0 Å². The molecule has 0 aromatic heterocycles. The number of nitrogens with one attached hydrogen (secondary N) is 2. The predicted molar refractivity (Wildman–Crippen MR) is 83.1 cm³/mol. The summed E-state index contributed by atoms with van der Waals surface area (Å²) in [6, 6.07) is 7.73. The van der Waals surface area contributed by atoms with Crippen molar-refractivity contribution < 1.29 is 14.3 Å². The van der Waals surface area contributed by atoms with E-state index >= 15 is 0 Å². The summed E-state index contributed by atoms with van der Waals surface area (Å²) in [7, 11) is 0. The van der Waals surface area contributed by atoms with Crippen LogP contribution in [0.2, 0.25) is 0 Å².